The zero-order valence-corrected chi connectivity index (χ0v) is 19.5. The first-order valence-electron chi connectivity index (χ1n) is 10.8. The van der Waals surface area contributed by atoms with Crippen LogP contribution < -0.4 is 14.8 Å². The van der Waals surface area contributed by atoms with Crippen molar-refractivity contribution in [3.8, 4) is 11.5 Å². The van der Waals surface area contributed by atoms with E-state index in [0.29, 0.717) is 24.0 Å². The molecule has 5 nitrogen and oxygen atoms in total. The number of nitrogens with one attached hydrogen (secondary N) is 1. The monoisotopic (exact) mass is 458 g/mol. The molecule has 1 saturated heterocycles. The maximum atomic E-state index is 12.5. The van der Waals surface area contributed by atoms with Gasteiger partial charge in [0.1, 0.15) is 23.8 Å². The van der Waals surface area contributed by atoms with Gasteiger partial charge in [-0.25, -0.2) is 0 Å². The molecule has 0 saturated carbocycles. The summed E-state index contributed by atoms with van der Waals surface area (Å²) >= 11 is 5.24. The minimum atomic E-state index is -0.119. The molecule has 33 heavy (non-hydrogen) atoms. The van der Waals surface area contributed by atoms with E-state index >= 15 is 0 Å². The molecule has 1 aliphatic heterocycles. The summed E-state index contributed by atoms with van der Waals surface area (Å²) in [5.41, 5.74) is 4.57. The van der Waals surface area contributed by atoms with Gasteiger partial charge in [0.2, 0.25) is 0 Å². The summed E-state index contributed by atoms with van der Waals surface area (Å²) in [6.07, 6.45) is 2.60. The molecule has 1 aliphatic rings. The molecule has 4 rings (SSSR count). The number of benzene rings is 3. The molecule has 0 radical (unpaired) electrons. The number of thiocarbonyl (C=S) groups is 1. The fourth-order valence-electron chi connectivity index (χ4n) is 3.79. The second-order valence-electron chi connectivity index (χ2n) is 7.67. The van der Waals surface area contributed by atoms with E-state index < -0.39 is 0 Å². The van der Waals surface area contributed by atoms with E-state index in [1.807, 2.05) is 61.5 Å². The van der Waals surface area contributed by atoms with Crippen molar-refractivity contribution in [3.05, 3.63) is 101 Å². The number of carbonyl (C=O) groups excluding carboxylic acids is 1. The molecule has 3 aromatic carbocycles. The number of nitrogens with zero attached hydrogens (tertiary/aromatic N) is 1. The summed E-state index contributed by atoms with van der Waals surface area (Å²) in [4.78, 5) is 14.1. The first kappa shape index (κ1) is 22.6. The van der Waals surface area contributed by atoms with Crippen LogP contribution in [-0.4, -0.2) is 29.6 Å². The third kappa shape index (κ3) is 5.23. The molecule has 1 heterocycles. The molecule has 0 atom stereocenters. The van der Waals surface area contributed by atoms with Gasteiger partial charge in [-0.15, -0.1) is 0 Å². The van der Waals surface area contributed by atoms with Crippen LogP contribution in [0.2, 0.25) is 0 Å². The Morgan fingerprint density at radius 1 is 0.970 bits per heavy atom. The molecule has 1 N–H and O–H groups in total. The van der Waals surface area contributed by atoms with Crippen LogP contribution in [0.5, 0.6) is 11.5 Å². The van der Waals surface area contributed by atoms with Crippen molar-refractivity contribution in [2.45, 2.75) is 20.0 Å². The Labute approximate surface area is 199 Å². The summed E-state index contributed by atoms with van der Waals surface area (Å²) in [5, 5.41) is 3.43. The van der Waals surface area contributed by atoms with E-state index in [2.05, 4.69) is 23.5 Å². The van der Waals surface area contributed by atoms with Gasteiger partial charge in [0, 0.05) is 18.5 Å². The predicted octanol–water partition coefficient (Wildman–Crippen LogP) is 4.94. The fraction of sp³-hybridized carbons (Fsp3) is 0.185. The lowest BCUT2D eigenvalue weighted by Gasteiger charge is -2.14. The topological polar surface area (TPSA) is 50.8 Å². The van der Waals surface area contributed by atoms with Gasteiger partial charge >= 0.3 is 0 Å². The molecule has 1 amide bonds. The van der Waals surface area contributed by atoms with Gasteiger partial charge in [0.25, 0.3) is 5.91 Å². The van der Waals surface area contributed by atoms with Gasteiger partial charge in [-0.2, -0.15) is 0 Å². The van der Waals surface area contributed by atoms with Gasteiger partial charge in [-0.05, 0) is 60.1 Å². The third-order valence-corrected chi connectivity index (χ3v) is 5.81. The number of methoxy groups -OCH3 is 1. The maximum Gasteiger partial charge on any atom is 0.276 e. The minimum absolute atomic E-state index is 0.119. The van der Waals surface area contributed by atoms with Crippen LogP contribution in [0.1, 0.15) is 29.2 Å². The lowest BCUT2D eigenvalue weighted by molar-refractivity contribution is -0.122. The van der Waals surface area contributed by atoms with Gasteiger partial charge in [-0.3, -0.25) is 9.69 Å². The van der Waals surface area contributed by atoms with Crippen molar-refractivity contribution in [1.29, 1.82) is 0 Å². The zero-order chi connectivity index (χ0) is 23.2. The molecule has 0 unspecified atom stereocenters. The molecule has 1 fully saturated rings. The SMILES string of the molecule is CCN1C(=O)/C(=C\c2ccc(OC)c(COc3ccccc3Cc3ccccc3)c2)NC1=S. The van der Waals surface area contributed by atoms with Gasteiger partial charge < -0.3 is 14.8 Å². The van der Waals surface area contributed by atoms with Crippen LogP contribution in [0, 0.1) is 0 Å². The highest BCUT2D eigenvalue weighted by molar-refractivity contribution is 7.80. The van der Waals surface area contributed by atoms with Crippen LogP contribution in [0.25, 0.3) is 6.08 Å². The zero-order valence-electron chi connectivity index (χ0n) is 18.7. The Hall–Kier alpha value is -3.64. The van der Waals surface area contributed by atoms with Crippen molar-refractivity contribution in [1.82, 2.24) is 10.2 Å². The molecule has 3 aromatic rings. The van der Waals surface area contributed by atoms with Crippen molar-refractivity contribution >= 4 is 29.3 Å². The Balaban J connectivity index is 1.54. The molecular formula is C27H26N2O3S. The van der Waals surface area contributed by atoms with Gasteiger partial charge in [0.05, 0.1) is 7.11 Å². The number of rotatable bonds is 8. The van der Waals surface area contributed by atoms with E-state index in [0.717, 1.165) is 34.6 Å². The number of carbonyl (C=O) groups is 1. The van der Waals surface area contributed by atoms with Crippen molar-refractivity contribution in [2.75, 3.05) is 13.7 Å². The van der Waals surface area contributed by atoms with Crippen LogP contribution in [0.3, 0.4) is 0 Å². The molecule has 168 valence electrons. The average Bonchev–Trinajstić information content (AvgIpc) is 3.11. The first-order valence-corrected chi connectivity index (χ1v) is 11.3. The average molecular weight is 459 g/mol. The second kappa shape index (κ2) is 10.3. The summed E-state index contributed by atoms with van der Waals surface area (Å²) < 4.78 is 11.8. The molecule has 0 aliphatic carbocycles. The Bertz CT molecular complexity index is 1190. The van der Waals surface area contributed by atoms with Gasteiger partial charge in [-0.1, -0.05) is 54.6 Å². The summed E-state index contributed by atoms with van der Waals surface area (Å²) in [6.45, 7) is 2.77. The lowest BCUT2D eigenvalue weighted by Crippen LogP contribution is -2.30. The largest absolute Gasteiger partial charge is 0.496 e. The van der Waals surface area contributed by atoms with Crippen LogP contribution >= 0.6 is 12.2 Å². The molecule has 0 spiro atoms. The van der Waals surface area contributed by atoms with Crippen molar-refractivity contribution in [2.24, 2.45) is 0 Å². The highest BCUT2D eigenvalue weighted by atomic mass is 32.1. The van der Waals surface area contributed by atoms with Crippen LogP contribution in [0.4, 0.5) is 0 Å². The van der Waals surface area contributed by atoms with E-state index in [1.54, 1.807) is 18.1 Å². The smallest absolute Gasteiger partial charge is 0.276 e. The molecular weight excluding hydrogens is 432 g/mol. The molecule has 0 aromatic heterocycles. The lowest BCUT2D eigenvalue weighted by atomic mass is 10.0. The van der Waals surface area contributed by atoms with E-state index in [4.69, 9.17) is 21.7 Å². The van der Waals surface area contributed by atoms with E-state index in [1.165, 1.54) is 5.56 Å². The predicted molar refractivity (Wildman–Crippen MR) is 134 cm³/mol. The van der Waals surface area contributed by atoms with Crippen molar-refractivity contribution < 1.29 is 14.3 Å². The summed E-state index contributed by atoms with van der Waals surface area (Å²) in [5.74, 6) is 1.45. The molecule has 6 heteroatoms. The number of para-hydroxylation sites is 1. The van der Waals surface area contributed by atoms with Crippen molar-refractivity contribution in [3.63, 3.8) is 0 Å². The van der Waals surface area contributed by atoms with Gasteiger partial charge in [0.15, 0.2) is 5.11 Å². The Kier molecular flexibility index (Phi) is 7.05. The standard InChI is InChI=1S/C27H26N2O3S/c1-3-29-26(30)23(28-27(29)33)17-20-13-14-24(31-2)22(16-20)18-32-25-12-8-7-11-21(25)15-19-9-5-4-6-10-19/h4-14,16-17H,3,15,18H2,1-2H3,(H,28,33)/b23-17+. The summed E-state index contributed by atoms with van der Waals surface area (Å²) in [7, 11) is 1.64. The van der Waals surface area contributed by atoms with E-state index in [9.17, 15) is 4.79 Å². The number of likely N-dealkylation sites (N-methyl/N-ethyl adjacent to an activating group) is 1. The fourth-order valence-corrected chi connectivity index (χ4v) is 4.11. The Morgan fingerprint density at radius 2 is 1.73 bits per heavy atom. The molecule has 0 bridgehead atoms. The number of hydrogen-bond acceptors (Lipinski definition) is 4. The van der Waals surface area contributed by atoms with Crippen LogP contribution in [-0.2, 0) is 17.8 Å². The number of amides is 1. The first-order chi connectivity index (χ1) is 16.1. The quantitative estimate of drug-likeness (QED) is 0.383. The normalized spacial score (nSPS) is 14.5. The highest BCUT2D eigenvalue weighted by Gasteiger charge is 2.29. The second-order valence-corrected chi connectivity index (χ2v) is 8.05. The minimum Gasteiger partial charge on any atom is -0.496 e. The highest BCUT2D eigenvalue weighted by Crippen LogP contribution is 2.27. The maximum absolute atomic E-state index is 12.5. The van der Waals surface area contributed by atoms with E-state index in [-0.39, 0.29) is 5.91 Å². The van der Waals surface area contributed by atoms with Crippen LogP contribution in [0.15, 0.2) is 78.5 Å². The summed E-state index contributed by atoms with van der Waals surface area (Å²) in [6, 6.07) is 24.2. The third-order valence-electron chi connectivity index (χ3n) is 5.49. The number of hydrogen-bond donors (Lipinski definition) is 1. The Morgan fingerprint density at radius 3 is 2.45 bits per heavy atom. The number of ether oxygens (including phenoxy) is 2.